The number of ether oxygens (including phenoxy) is 4. The number of nitriles is 1. The van der Waals surface area contributed by atoms with Gasteiger partial charge in [0.25, 0.3) is 0 Å². The Morgan fingerprint density at radius 2 is 1.91 bits per heavy atom. The van der Waals surface area contributed by atoms with Crippen molar-refractivity contribution >= 4 is 17.6 Å². The van der Waals surface area contributed by atoms with Gasteiger partial charge in [-0.2, -0.15) is 5.26 Å². The largest absolute Gasteiger partial charge is 0.495 e. The zero-order chi connectivity index (χ0) is 24.2. The monoisotopic (exact) mass is 476 g/mol. The minimum atomic E-state index is -0.597. The van der Waals surface area contributed by atoms with E-state index >= 15 is 0 Å². The fourth-order valence-electron chi connectivity index (χ4n) is 3.78. The van der Waals surface area contributed by atoms with Crippen molar-refractivity contribution in [1.29, 1.82) is 5.26 Å². The van der Waals surface area contributed by atoms with Crippen LogP contribution in [0.15, 0.2) is 72.1 Å². The zero-order valence-electron chi connectivity index (χ0n) is 18.5. The van der Waals surface area contributed by atoms with Crippen LogP contribution in [0.3, 0.4) is 0 Å². The molecule has 1 atom stereocenters. The molecule has 0 aliphatic carbocycles. The van der Waals surface area contributed by atoms with Crippen LogP contribution in [0.1, 0.15) is 34.3 Å². The van der Waals surface area contributed by atoms with Crippen LogP contribution in [0.5, 0.6) is 23.0 Å². The summed E-state index contributed by atoms with van der Waals surface area (Å²) in [6, 6.07) is 19.2. The summed E-state index contributed by atoms with van der Waals surface area (Å²) in [5.74, 6) is 0.620. The van der Waals surface area contributed by atoms with Crippen molar-refractivity contribution in [3.05, 3.63) is 93.8 Å². The molecule has 0 bridgehead atoms. The molecule has 3 aromatic rings. The molecule has 1 heterocycles. The lowest BCUT2D eigenvalue weighted by molar-refractivity contribution is 0.0734. The van der Waals surface area contributed by atoms with Crippen molar-refractivity contribution in [2.45, 2.75) is 12.8 Å². The molecule has 1 aliphatic rings. The van der Waals surface area contributed by atoms with Crippen LogP contribution >= 0.6 is 11.6 Å². The van der Waals surface area contributed by atoms with Gasteiger partial charge < -0.3 is 24.7 Å². The fraction of sp³-hybridized carbons (Fsp3) is 0.154. The van der Waals surface area contributed by atoms with Gasteiger partial charge in [-0.3, -0.25) is 0 Å². The van der Waals surface area contributed by atoms with Crippen molar-refractivity contribution in [2.24, 2.45) is 5.73 Å². The first kappa shape index (κ1) is 23.0. The number of benzene rings is 3. The highest BCUT2D eigenvalue weighted by Gasteiger charge is 2.33. The summed E-state index contributed by atoms with van der Waals surface area (Å²) >= 11 is 6.12. The number of nitrogens with two attached hydrogens (primary N) is 1. The summed E-state index contributed by atoms with van der Waals surface area (Å²) < 4.78 is 22.1. The van der Waals surface area contributed by atoms with Gasteiger partial charge in [0.2, 0.25) is 5.88 Å². The van der Waals surface area contributed by atoms with Gasteiger partial charge in [0.1, 0.15) is 34.6 Å². The molecule has 1 aliphatic heterocycles. The summed E-state index contributed by atoms with van der Waals surface area (Å²) in [6.07, 6.45) is 0. The molecule has 8 heteroatoms. The summed E-state index contributed by atoms with van der Waals surface area (Å²) in [4.78, 5) is 12.6. The highest BCUT2D eigenvalue weighted by Crippen LogP contribution is 2.46. The van der Waals surface area contributed by atoms with Gasteiger partial charge in [-0.05, 0) is 37.3 Å². The smallest absolute Gasteiger partial charge is 0.343 e. The third kappa shape index (κ3) is 4.36. The number of hydrogen-bond acceptors (Lipinski definition) is 7. The Balaban J connectivity index is 1.69. The Bertz CT molecular complexity index is 1330. The van der Waals surface area contributed by atoms with E-state index in [9.17, 15) is 10.1 Å². The highest BCUT2D eigenvalue weighted by molar-refractivity contribution is 6.32. The van der Waals surface area contributed by atoms with Crippen LogP contribution in [0.25, 0.3) is 0 Å². The Morgan fingerprint density at radius 3 is 2.62 bits per heavy atom. The van der Waals surface area contributed by atoms with Crippen LogP contribution < -0.4 is 24.7 Å². The standard InChI is InChI=1S/C26H21ClN2O5/c1-3-32-21-7-5-4-6-17(21)24-18-10-9-16(13-23(18)34-25(29)19(24)14-28)33-26(30)15-8-11-22(31-2)20(27)12-15/h4-13,24H,3,29H2,1-2H3. The molecule has 34 heavy (non-hydrogen) atoms. The Kier molecular flexibility index (Phi) is 6.62. The molecular formula is C26H21ClN2O5. The van der Waals surface area contributed by atoms with Crippen molar-refractivity contribution < 1.29 is 23.7 Å². The first-order chi connectivity index (χ1) is 16.5. The second-order valence-electron chi connectivity index (χ2n) is 7.33. The van der Waals surface area contributed by atoms with Gasteiger partial charge in [-0.1, -0.05) is 35.9 Å². The van der Waals surface area contributed by atoms with E-state index < -0.39 is 11.9 Å². The first-order valence-electron chi connectivity index (χ1n) is 10.5. The number of hydrogen-bond donors (Lipinski definition) is 1. The predicted octanol–water partition coefficient (Wildman–Crippen LogP) is 5.18. The number of allylic oxidation sites excluding steroid dienone is 1. The second-order valence-corrected chi connectivity index (χ2v) is 7.74. The van der Waals surface area contributed by atoms with E-state index in [1.807, 2.05) is 31.2 Å². The van der Waals surface area contributed by atoms with E-state index in [1.54, 1.807) is 30.3 Å². The van der Waals surface area contributed by atoms with E-state index in [1.165, 1.54) is 13.2 Å². The second kappa shape index (κ2) is 9.77. The quantitative estimate of drug-likeness (QED) is 0.386. The molecular weight excluding hydrogens is 456 g/mol. The van der Waals surface area contributed by atoms with Gasteiger partial charge in [0.05, 0.1) is 30.2 Å². The lowest BCUT2D eigenvalue weighted by Gasteiger charge is -2.27. The first-order valence-corrected chi connectivity index (χ1v) is 10.8. The van der Waals surface area contributed by atoms with E-state index in [0.29, 0.717) is 34.4 Å². The average Bonchev–Trinajstić information content (AvgIpc) is 2.83. The van der Waals surface area contributed by atoms with Crippen LogP contribution in [-0.4, -0.2) is 19.7 Å². The molecule has 0 radical (unpaired) electrons. The molecule has 3 aromatic carbocycles. The molecule has 172 valence electrons. The topological polar surface area (TPSA) is 104 Å². The number of carbonyl (C=O) groups excluding carboxylic acids is 1. The van der Waals surface area contributed by atoms with Crippen LogP contribution in [0.4, 0.5) is 0 Å². The lowest BCUT2D eigenvalue weighted by atomic mass is 9.83. The Morgan fingerprint density at radius 1 is 1.12 bits per heavy atom. The maximum absolute atomic E-state index is 12.6. The third-order valence-electron chi connectivity index (χ3n) is 5.32. The summed E-state index contributed by atoms with van der Waals surface area (Å²) in [5.41, 5.74) is 8.12. The maximum atomic E-state index is 12.6. The van der Waals surface area contributed by atoms with Crippen molar-refractivity contribution in [1.82, 2.24) is 0 Å². The molecule has 0 amide bonds. The fourth-order valence-corrected chi connectivity index (χ4v) is 4.04. The van der Waals surface area contributed by atoms with Crippen LogP contribution in [0, 0.1) is 11.3 Å². The van der Waals surface area contributed by atoms with Gasteiger partial charge in [-0.15, -0.1) is 0 Å². The van der Waals surface area contributed by atoms with E-state index in [2.05, 4.69) is 6.07 Å². The van der Waals surface area contributed by atoms with Gasteiger partial charge in [-0.25, -0.2) is 4.79 Å². The summed E-state index contributed by atoms with van der Waals surface area (Å²) in [7, 11) is 1.49. The normalized spacial score (nSPS) is 14.5. The number of halogens is 1. The molecule has 0 fully saturated rings. The zero-order valence-corrected chi connectivity index (χ0v) is 19.3. The summed E-state index contributed by atoms with van der Waals surface area (Å²) in [6.45, 7) is 2.36. The van der Waals surface area contributed by atoms with Crippen molar-refractivity contribution in [2.75, 3.05) is 13.7 Å². The molecule has 0 spiro atoms. The molecule has 0 aromatic heterocycles. The number of para-hydroxylation sites is 1. The molecule has 2 N–H and O–H groups in total. The number of fused-ring (bicyclic) bond motifs is 1. The number of esters is 1. The molecule has 4 rings (SSSR count). The minimum Gasteiger partial charge on any atom is -0.495 e. The Hall–Kier alpha value is -4.15. The Labute approximate surface area is 201 Å². The van der Waals surface area contributed by atoms with Crippen LogP contribution in [0.2, 0.25) is 5.02 Å². The molecule has 0 saturated heterocycles. The number of rotatable bonds is 6. The third-order valence-corrected chi connectivity index (χ3v) is 5.61. The van der Waals surface area contributed by atoms with Gasteiger partial charge in [0.15, 0.2) is 0 Å². The number of carbonyl (C=O) groups is 1. The number of methoxy groups -OCH3 is 1. The maximum Gasteiger partial charge on any atom is 0.343 e. The van der Waals surface area contributed by atoms with Crippen molar-refractivity contribution in [3.8, 4) is 29.1 Å². The number of nitrogens with zero attached hydrogens (tertiary/aromatic N) is 1. The molecule has 1 unspecified atom stereocenters. The minimum absolute atomic E-state index is 0.0169. The molecule has 0 saturated carbocycles. The SMILES string of the molecule is CCOc1ccccc1C1C(C#N)=C(N)Oc2cc(OC(=O)c3ccc(OC)c(Cl)c3)ccc21. The lowest BCUT2D eigenvalue weighted by Crippen LogP contribution is -2.21. The van der Waals surface area contributed by atoms with Crippen molar-refractivity contribution in [3.63, 3.8) is 0 Å². The van der Waals surface area contributed by atoms with Gasteiger partial charge >= 0.3 is 5.97 Å². The van der Waals surface area contributed by atoms with E-state index in [0.717, 1.165) is 5.56 Å². The average molecular weight is 477 g/mol. The predicted molar refractivity (Wildman–Crippen MR) is 126 cm³/mol. The van der Waals surface area contributed by atoms with Crippen LogP contribution in [-0.2, 0) is 0 Å². The molecule has 7 nitrogen and oxygen atoms in total. The summed E-state index contributed by atoms with van der Waals surface area (Å²) in [5, 5.41) is 10.1. The van der Waals surface area contributed by atoms with Gasteiger partial charge in [0, 0.05) is 17.2 Å². The van der Waals surface area contributed by atoms with E-state index in [4.69, 9.17) is 36.3 Å². The van der Waals surface area contributed by atoms with E-state index in [-0.39, 0.29) is 22.8 Å². The highest BCUT2D eigenvalue weighted by atomic mass is 35.5.